The molecule has 0 aliphatic carbocycles. The molecule has 0 aliphatic rings. The predicted molar refractivity (Wildman–Crippen MR) is 83.5 cm³/mol. The fourth-order valence-electron chi connectivity index (χ4n) is 1.69. The second-order valence-corrected chi connectivity index (χ2v) is 7.28. The summed E-state index contributed by atoms with van der Waals surface area (Å²) in [5, 5.41) is 7.86. The molecule has 1 aromatic heterocycles. The third-order valence-electron chi connectivity index (χ3n) is 2.77. The summed E-state index contributed by atoms with van der Waals surface area (Å²) >= 11 is 9.01. The first-order valence-electron chi connectivity index (χ1n) is 5.88. The Bertz CT molecular complexity index is 762. The van der Waals surface area contributed by atoms with Crippen molar-refractivity contribution in [1.29, 1.82) is 0 Å². The number of aromatic nitrogens is 3. The average Bonchev–Trinajstić information content (AvgIpc) is 2.79. The Morgan fingerprint density at radius 1 is 1.48 bits per heavy atom. The van der Waals surface area contributed by atoms with Crippen LogP contribution in [0.2, 0.25) is 5.02 Å². The number of rotatable bonds is 5. The first-order chi connectivity index (χ1) is 9.81. The van der Waals surface area contributed by atoms with Crippen LogP contribution in [0.25, 0.3) is 0 Å². The summed E-state index contributed by atoms with van der Waals surface area (Å²) in [7, 11) is -1.93. The SMILES string of the molecule is Cn1cnnc1CCNS(=O)(=O)c1cc(Cl)cc(N)c1Br. The molecule has 0 atom stereocenters. The largest absolute Gasteiger partial charge is 0.398 e. The fraction of sp³-hybridized carbons (Fsp3) is 0.273. The molecule has 0 saturated carbocycles. The molecule has 1 aromatic carbocycles. The van der Waals surface area contributed by atoms with Crippen LogP contribution in [-0.2, 0) is 23.5 Å². The van der Waals surface area contributed by atoms with Crippen LogP contribution in [0, 0.1) is 0 Å². The molecule has 0 radical (unpaired) electrons. The zero-order valence-electron chi connectivity index (χ0n) is 11.0. The number of nitrogen functional groups attached to an aromatic ring is 1. The summed E-state index contributed by atoms with van der Waals surface area (Å²) in [6.07, 6.45) is 1.97. The Kier molecular flexibility index (Phi) is 4.87. The van der Waals surface area contributed by atoms with Crippen molar-refractivity contribution in [3.05, 3.63) is 33.8 Å². The number of halogens is 2. The van der Waals surface area contributed by atoms with E-state index in [1.807, 2.05) is 0 Å². The maximum atomic E-state index is 12.3. The van der Waals surface area contributed by atoms with Gasteiger partial charge in [0.2, 0.25) is 10.0 Å². The van der Waals surface area contributed by atoms with Crippen molar-refractivity contribution in [3.8, 4) is 0 Å². The number of nitrogens with one attached hydrogen (secondary N) is 1. The van der Waals surface area contributed by atoms with Crippen LogP contribution in [0.5, 0.6) is 0 Å². The van der Waals surface area contributed by atoms with Crippen LogP contribution < -0.4 is 10.5 Å². The second kappa shape index (κ2) is 6.30. The summed E-state index contributed by atoms with van der Waals surface area (Å²) in [5.41, 5.74) is 5.96. The lowest BCUT2D eigenvalue weighted by Gasteiger charge is -2.10. The number of hydrogen-bond donors (Lipinski definition) is 2. The van der Waals surface area contributed by atoms with E-state index in [0.29, 0.717) is 12.2 Å². The van der Waals surface area contributed by atoms with Crippen LogP contribution in [0.15, 0.2) is 27.8 Å². The highest BCUT2D eigenvalue weighted by atomic mass is 79.9. The molecule has 0 aliphatic heterocycles. The average molecular weight is 395 g/mol. The molecule has 114 valence electrons. The van der Waals surface area contributed by atoms with Gasteiger partial charge in [-0.25, -0.2) is 13.1 Å². The minimum atomic E-state index is -3.72. The normalized spacial score (nSPS) is 11.8. The van der Waals surface area contributed by atoms with Crippen molar-refractivity contribution < 1.29 is 8.42 Å². The van der Waals surface area contributed by atoms with E-state index >= 15 is 0 Å². The Labute approximate surface area is 135 Å². The van der Waals surface area contributed by atoms with Crippen molar-refractivity contribution in [1.82, 2.24) is 19.5 Å². The molecule has 3 N–H and O–H groups in total. The van der Waals surface area contributed by atoms with Gasteiger partial charge in [-0.2, -0.15) is 0 Å². The first-order valence-corrected chi connectivity index (χ1v) is 8.53. The molecule has 2 rings (SSSR count). The second-order valence-electron chi connectivity index (χ2n) is 4.31. The van der Waals surface area contributed by atoms with Gasteiger partial charge in [0.1, 0.15) is 12.2 Å². The quantitative estimate of drug-likeness (QED) is 0.745. The van der Waals surface area contributed by atoms with Crippen LogP contribution in [0.4, 0.5) is 5.69 Å². The van der Waals surface area contributed by atoms with Crippen LogP contribution in [0.3, 0.4) is 0 Å². The van der Waals surface area contributed by atoms with E-state index < -0.39 is 10.0 Å². The highest BCUT2D eigenvalue weighted by molar-refractivity contribution is 9.10. The molecule has 2 aromatic rings. The number of anilines is 1. The van der Waals surface area contributed by atoms with Gasteiger partial charge in [-0.1, -0.05) is 11.6 Å². The van der Waals surface area contributed by atoms with E-state index in [-0.39, 0.29) is 26.6 Å². The van der Waals surface area contributed by atoms with E-state index in [2.05, 4.69) is 30.8 Å². The monoisotopic (exact) mass is 393 g/mol. The zero-order valence-corrected chi connectivity index (χ0v) is 14.2. The van der Waals surface area contributed by atoms with Crippen molar-refractivity contribution in [2.75, 3.05) is 12.3 Å². The molecule has 0 spiro atoms. The third-order valence-corrected chi connectivity index (χ3v) is 5.62. The number of aryl methyl sites for hydroxylation is 1. The van der Waals surface area contributed by atoms with Gasteiger partial charge in [-0.3, -0.25) is 0 Å². The van der Waals surface area contributed by atoms with Crippen LogP contribution in [-0.4, -0.2) is 29.7 Å². The minimum Gasteiger partial charge on any atom is -0.398 e. The summed E-state index contributed by atoms with van der Waals surface area (Å²) in [6, 6.07) is 2.82. The Hall–Kier alpha value is -1.16. The van der Waals surface area contributed by atoms with E-state index in [1.54, 1.807) is 17.9 Å². The van der Waals surface area contributed by atoms with E-state index in [0.717, 1.165) is 0 Å². The Balaban J connectivity index is 2.14. The molecular formula is C11H13BrClN5O2S. The number of nitrogens with two attached hydrogens (primary N) is 1. The number of hydrogen-bond acceptors (Lipinski definition) is 5. The lowest BCUT2D eigenvalue weighted by atomic mass is 10.3. The summed E-state index contributed by atoms with van der Waals surface area (Å²) in [4.78, 5) is 0.00506. The molecule has 0 fully saturated rings. The van der Waals surface area contributed by atoms with Gasteiger partial charge < -0.3 is 10.3 Å². The van der Waals surface area contributed by atoms with Gasteiger partial charge in [0.25, 0.3) is 0 Å². The molecule has 7 nitrogen and oxygen atoms in total. The van der Waals surface area contributed by atoms with E-state index in [4.69, 9.17) is 17.3 Å². The number of sulfonamides is 1. The molecular weight excluding hydrogens is 382 g/mol. The van der Waals surface area contributed by atoms with Crippen molar-refractivity contribution in [3.63, 3.8) is 0 Å². The molecule has 0 amide bonds. The van der Waals surface area contributed by atoms with Gasteiger partial charge >= 0.3 is 0 Å². The summed E-state index contributed by atoms with van der Waals surface area (Å²) in [5.74, 6) is 0.683. The van der Waals surface area contributed by atoms with E-state index in [1.165, 1.54) is 12.1 Å². The topological polar surface area (TPSA) is 103 Å². The van der Waals surface area contributed by atoms with Gasteiger partial charge in [0, 0.05) is 30.7 Å². The van der Waals surface area contributed by atoms with Crippen LogP contribution >= 0.6 is 27.5 Å². The molecule has 1 heterocycles. The Morgan fingerprint density at radius 3 is 2.81 bits per heavy atom. The maximum absolute atomic E-state index is 12.3. The van der Waals surface area contributed by atoms with E-state index in [9.17, 15) is 8.42 Å². The third kappa shape index (κ3) is 3.73. The lowest BCUT2D eigenvalue weighted by Crippen LogP contribution is -2.27. The summed E-state index contributed by atoms with van der Waals surface area (Å²) < 4.78 is 29.0. The maximum Gasteiger partial charge on any atom is 0.241 e. The Morgan fingerprint density at radius 2 is 2.19 bits per heavy atom. The molecule has 0 bridgehead atoms. The minimum absolute atomic E-state index is 0.00506. The van der Waals surface area contributed by atoms with Gasteiger partial charge in [0.15, 0.2) is 0 Å². The molecule has 10 heteroatoms. The smallest absolute Gasteiger partial charge is 0.241 e. The first kappa shape index (κ1) is 16.2. The highest BCUT2D eigenvalue weighted by Crippen LogP contribution is 2.31. The lowest BCUT2D eigenvalue weighted by molar-refractivity contribution is 0.579. The number of nitrogens with zero attached hydrogens (tertiary/aromatic N) is 3. The predicted octanol–water partition coefficient (Wildman–Crippen LogP) is 1.33. The van der Waals surface area contributed by atoms with Crippen molar-refractivity contribution in [2.45, 2.75) is 11.3 Å². The standard InChI is InChI=1S/C11H13BrClN5O2S/c1-18-6-15-17-10(18)2-3-16-21(19,20)9-5-7(13)4-8(14)11(9)12/h4-6,16H,2-3,14H2,1H3. The highest BCUT2D eigenvalue weighted by Gasteiger charge is 2.20. The fourth-order valence-corrected chi connectivity index (χ4v) is 4.01. The van der Waals surface area contributed by atoms with Gasteiger partial charge in [-0.15, -0.1) is 10.2 Å². The zero-order chi connectivity index (χ0) is 15.6. The van der Waals surface area contributed by atoms with Gasteiger partial charge in [-0.05, 0) is 28.1 Å². The molecule has 21 heavy (non-hydrogen) atoms. The van der Waals surface area contributed by atoms with Crippen molar-refractivity contribution >= 4 is 43.2 Å². The number of benzene rings is 1. The summed E-state index contributed by atoms with van der Waals surface area (Å²) in [6.45, 7) is 0.188. The van der Waals surface area contributed by atoms with Gasteiger partial charge in [0.05, 0.1) is 9.37 Å². The molecule has 0 unspecified atom stereocenters. The molecule has 0 saturated heterocycles. The van der Waals surface area contributed by atoms with Crippen molar-refractivity contribution in [2.24, 2.45) is 7.05 Å². The van der Waals surface area contributed by atoms with Crippen LogP contribution in [0.1, 0.15) is 5.82 Å².